The van der Waals surface area contributed by atoms with Crippen LogP contribution in [-0.2, 0) is 14.9 Å². The van der Waals surface area contributed by atoms with Crippen molar-refractivity contribution in [3.8, 4) is 5.75 Å². The van der Waals surface area contributed by atoms with Gasteiger partial charge in [-0.2, -0.15) is 0 Å². The van der Waals surface area contributed by atoms with E-state index in [2.05, 4.69) is 20.9 Å². The summed E-state index contributed by atoms with van der Waals surface area (Å²) in [5.74, 6) is 1.05. The molecule has 0 aliphatic rings. The van der Waals surface area contributed by atoms with Crippen LogP contribution >= 0.6 is 15.9 Å². The van der Waals surface area contributed by atoms with E-state index in [0.717, 1.165) is 16.9 Å². The van der Waals surface area contributed by atoms with Crippen molar-refractivity contribution in [1.82, 2.24) is 0 Å². The van der Waals surface area contributed by atoms with E-state index in [0.29, 0.717) is 43.8 Å². The molecule has 1 rings (SSSR count). The minimum atomic E-state index is -0.195. The lowest BCUT2D eigenvalue weighted by Crippen LogP contribution is -2.08. The SMILES string of the molecule is CCN=C(N)/C=C/c1c(CBr)cccc1OCCCC(=O)OCC. The zero-order chi connectivity index (χ0) is 17.8. The summed E-state index contributed by atoms with van der Waals surface area (Å²) >= 11 is 3.49. The summed E-state index contributed by atoms with van der Waals surface area (Å²) in [6.07, 6.45) is 4.65. The van der Waals surface area contributed by atoms with Gasteiger partial charge in [-0.05, 0) is 44.1 Å². The summed E-state index contributed by atoms with van der Waals surface area (Å²) in [6.45, 7) is 5.23. The smallest absolute Gasteiger partial charge is 0.305 e. The lowest BCUT2D eigenvalue weighted by atomic mass is 10.1. The first-order chi connectivity index (χ1) is 11.6. The molecule has 2 N–H and O–H groups in total. The molecule has 0 saturated heterocycles. The van der Waals surface area contributed by atoms with Gasteiger partial charge in [-0.3, -0.25) is 9.79 Å². The maximum Gasteiger partial charge on any atom is 0.305 e. The van der Waals surface area contributed by atoms with Crippen molar-refractivity contribution in [2.24, 2.45) is 10.7 Å². The summed E-state index contributed by atoms with van der Waals surface area (Å²) in [4.78, 5) is 15.5. The van der Waals surface area contributed by atoms with Crippen LogP contribution < -0.4 is 10.5 Å². The Kier molecular flexibility index (Phi) is 9.84. The van der Waals surface area contributed by atoms with Gasteiger partial charge in [0.05, 0.1) is 13.2 Å². The van der Waals surface area contributed by atoms with Gasteiger partial charge in [0.1, 0.15) is 11.6 Å². The minimum Gasteiger partial charge on any atom is -0.493 e. The van der Waals surface area contributed by atoms with E-state index < -0.39 is 0 Å². The first-order valence-corrected chi connectivity index (χ1v) is 9.18. The number of halogens is 1. The predicted octanol–water partition coefficient (Wildman–Crippen LogP) is 3.69. The number of ether oxygens (including phenoxy) is 2. The molecule has 1 aromatic rings. The second-order valence-corrected chi connectivity index (χ2v) is 5.51. The van der Waals surface area contributed by atoms with Gasteiger partial charge >= 0.3 is 5.97 Å². The molecule has 132 valence electrons. The first-order valence-electron chi connectivity index (χ1n) is 8.06. The van der Waals surface area contributed by atoms with E-state index >= 15 is 0 Å². The summed E-state index contributed by atoms with van der Waals surface area (Å²) in [7, 11) is 0. The van der Waals surface area contributed by atoms with Crippen molar-refractivity contribution in [2.75, 3.05) is 19.8 Å². The maximum atomic E-state index is 11.3. The fourth-order valence-electron chi connectivity index (χ4n) is 2.06. The highest BCUT2D eigenvalue weighted by Gasteiger charge is 2.07. The Bertz CT molecular complexity index is 586. The van der Waals surface area contributed by atoms with Crippen molar-refractivity contribution in [3.63, 3.8) is 0 Å². The summed E-state index contributed by atoms with van der Waals surface area (Å²) in [6, 6.07) is 5.87. The van der Waals surface area contributed by atoms with Crippen molar-refractivity contribution in [1.29, 1.82) is 0 Å². The Morgan fingerprint density at radius 2 is 2.17 bits per heavy atom. The average molecular weight is 397 g/mol. The normalized spacial score (nSPS) is 11.7. The van der Waals surface area contributed by atoms with Crippen LogP contribution in [0, 0.1) is 0 Å². The van der Waals surface area contributed by atoms with Gasteiger partial charge in [0.25, 0.3) is 0 Å². The van der Waals surface area contributed by atoms with E-state index in [-0.39, 0.29) is 5.97 Å². The maximum absolute atomic E-state index is 11.3. The van der Waals surface area contributed by atoms with E-state index in [4.69, 9.17) is 15.2 Å². The number of carbonyl (C=O) groups excluding carboxylic acids is 1. The summed E-state index contributed by atoms with van der Waals surface area (Å²) < 4.78 is 10.7. The van der Waals surface area contributed by atoms with Gasteiger partial charge in [-0.15, -0.1) is 0 Å². The minimum absolute atomic E-state index is 0.195. The van der Waals surface area contributed by atoms with E-state index in [1.54, 1.807) is 13.0 Å². The Labute approximate surface area is 152 Å². The Hall–Kier alpha value is -1.82. The van der Waals surface area contributed by atoms with Crippen LogP contribution in [0.5, 0.6) is 5.75 Å². The Morgan fingerprint density at radius 1 is 1.38 bits per heavy atom. The van der Waals surface area contributed by atoms with Crippen molar-refractivity contribution in [2.45, 2.75) is 32.0 Å². The molecule has 6 heteroatoms. The molecule has 5 nitrogen and oxygen atoms in total. The molecule has 0 aliphatic heterocycles. The molecule has 0 amide bonds. The highest BCUT2D eigenvalue weighted by atomic mass is 79.9. The molecule has 1 aromatic carbocycles. The van der Waals surface area contributed by atoms with E-state index in [9.17, 15) is 4.79 Å². The molecule has 0 radical (unpaired) electrons. The monoisotopic (exact) mass is 396 g/mol. The quantitative estimate of drug-likeness (QED) is 0.215. The zero-order valence-electron chi connectivity index (χ0n) is 14.3. The Morgan fingerprint density at radius 3 is 2.83 bits per heavy atom. The van der Waals surface area contributed by atoms with Crippen LogP contribution in [0.4, 0.5) is 0 Å². The third-order valence-electron chi connectivity index (χ3n) is 3.15. The average Bonchev–Trinajstić information content (AvgIpc) is 2.57. The molecule has 0 heterocycles. The molecular weight excluding hydrogens is 372 g/mol. The first kappa shape index (κ1) is 20.2. The van der Waals surface area contributed by atoms with E-state index in [1.807, 2.05) is 31.2 Å². The number of alkyl halides is 1. The van der Waals surface area contributed by atoms with Gasteiger partial charge in [0.2, 0.25) is 0 Å². The van der Waals surface area contributed by atoms with Gasteiger partial charge in [-0.25, -0.2) is 0 Å². The molecule has 0 aliphatic carbocycles. The summed E-state index contributed by atoms with van der Waals surface area (Å²) in [5.41, 5.74) is 7.87. The molecule has 0 bridgehead atoms. The second kappa shape index (κ2) is 11.7. The van der Waals surface area contributed by atoms with Crippen LogP contribution in [0.2, 0.25) is 0 Å². The van der Waals surface area contributed by atoms with Crippen molar-refractivity contribution < 1.29 is 14.3 Å². The number of benzene rings is 1. The molecule has 24 heavy (non-hydrogen) atoms. The molecule has 0 unspecified atom stereocenters. The number of rotatable bonds is 10. The van der Waals surface area contributed by atoms with Gasteiger partial charge in [-0.1, -0.05) is 28.1 Å². The third-order valence-corrected chi connectivity index (χ3v) is 3.75. The fourth-order valence-corrected chi connectivity index (χ4v) is 2.55. The van der Waals surface area contributed by atoms with Crippen LogP contribution in [0.25, 0.3) is 6.08 Å². The predicted molar refractivity (Wildman–Crippen MR) is 102 cm³/mol. The number of nitrogens with zero attached hydrogens (tertiary/aromatic N) is 1. The van der Waals surface area contributed by atoms with Gasteiger partial charge < -0.3 is 15.2 Å². The molecule has 0 atom stereocenters. The highest BCUT2D eigenvalue weighted by molar-refractivity contribution is 9.08. The fraction of sp³-hybridized carbons (Fsp3) is 0.444. The number of amidine groups is 1. The Balaban J connectivity index is 2.76. The topological polar surface area (TPSA) is 73.9 Å². The zero-order valence-corrected chi connectivity index (χ0v) is 15.8. The number of hydrogen-bond donors (Lipinski definition) is 1. The number of esters is 1. The lowest BCUT2D eigenvalue weighted by Gasteiger charge is -2.12. The van der Waals surface area contributed by atoms with Crippen LogP contribution in [0.1, 0.15) is 37.8 Å². The van der Waals surface area contributed by atoms with Crippen LogP contribution in [0.3, 0.4) is 0 Å². The molecule has 0 spiro atoms. The van der Waals surface area contributed by atoms with Crippen LogP contribution in [0.15, 0.2) is 29.3 Å². The standard InChI is InChI=1S/C18H25BrN2O3/c1-3-21-17(20)11-10-15-14(13-19)7-5-8-16(15)24-12-6-9-18(22)23-4-2/h5,7-8,10-11H,3-4,6,9,12-13H2,1-2H3,(H2,20,21)/b11-10+. The van der Waals surface area contributed by atoms with Crippen LogP contribution in [-0.4, -0.2) is 31.6 Å². The number of carbonyl (C=O) groups is 1. The summed E-state index contributed by atoms with van der Waals surface area (Å²) in [5, 5.41) is 0.706. The lowest BCUT2D eigenvalue weighted by molar-refractivity contribution is -0.143. The second-order valence-electron chi connectivity index (χ2n) is 4.95. The van der Waals surface area contributed by atoms with Gasteiger partial charge in [0, 0.05) is 23.9 Å². The molecule has 0 fully saturated rings. The molecule has 0 aromatic heterocycles. The van der Waals surface area contributed by atoms with Gasteiger partial charge in [0.15, 0.2) is 0 Å². The third kappa shape index (κ3) is 7.17. The largest absolute Gasteiger partial charge is 0.493 e. The van der Waals surface area contributed by atoms with Crippen molar-refractivity contribution in [3.05, 3.63) is 35.4 Å². The number of nitrogens with two attached hydrogens (primary N) is 1. The van der Waals surface area contributed by atoms with Crippen molar-refractivity contribution >= 4 is 33.8 Å². The molecular formula is C18H25BrN2O3. The number of aliphatic imine (C=N–C) groups is 1. The van der Waals surface area contributed by atoms with E-state index in [1.165, 1.54) is 0 Å². The highest BCUT2D eigenvalue weighted by Crippen LogP contribution is 2.26. The number of hydrogen-bond acceptors (Lipinski definition) is 4. The molecule has 0 saturated carbocycles.